The summed E-state index contributed by atoms with van der Waals surface area (Å²) in [6, 6.07) is 14.0. The van der Waals surface area contributed by atoms with Crippen LogP contribution in [0.1, 0.15) is 24.0 Å². The zero-order valence-electron chi connectivity index (χ0n) is 14.4. The minimum atomic E-state index is -0.645. The molecule has 2 amide bonds. The number of nitrogens with zero attached hydrogens (tertiary/aromatic N) is 1. The van der Waals surface area contributed by atoms with Crippen molar-refractivity contribution in [3.63, 3.8) is 0 Å². The Bertz CT molecular complexity index is 803. The van der Waals surface area contributed by atoms with Gasteiger partial charge in [-0.2, -0.15) is 0 Å². The second kappa shape index (κ2) is 6.96. The Labute approximate surface area is 151 Å². The van der Waals surface area contributed by atoms with Gasteiger partial charge in [0.15, 0.2) is 0 Å². The molecule has 0 radical (unpaired) electrons. The molecule has 6 heteroatoms. The van der Waals surface area contributed by atoms with Gasteiger partial charge in [-0.15, -0.1) is 0 Å². The van der Waals surface area contributed by atoms with Gasteiger partial charge in [0.05, 0.1) is 6.61 Å². The van der Waals surface area contributed by atoms with Crippen LogP contribution in [0.25, 0.3) is 0 Å². The third kappa shape index (κ3) is 3.51. The number of ether oxygens (including phenoxy) is 2. The van der Waals surface area contributed by atoms with Crippen molar-refractivity contribution in [3.05, 3.63) is 65.5 Å². The van der Waals surface area contributed by atoms with Crippen LogP contribution in [0.4, 0.5) is 9.18 Å². The first-order valence-electron chi connectivity index (χ1n) is 8.82. The molecule has 2 aromatic rings. The normalized spacial score (nSPS) is 18.1. The fourth-order valence-electron chi connectivity index (χ4n) is 3.40. The molecule has 26 heavy (non-hydrogen) atoms. The lowest BCUT2D eigenvalue weighted by Gasteiger charge is -2.43. The number of para-hydroxylation sites is 1. The van der Waals surface area contributed by atoms with Crippen LogP contribution in [0, 0.1) is 5.82 Å². The first-order chi connectivity index (χ1) is 12.6. The molecular formula is C20H21FN2O3. The Balaban J connectivity index is 1.31. The molecule has 0 atom stereocenters. The molecular weight excluding hydrogens is 335 g/mol. The van der Waals surface area contributed by atoms with Crippen LogP contribution in [0.2, 0.25) is 0 Å². The standard InChI is InChI=1S/C20H21FN2O3/c21-17-6-3-4-15(12-17)13-22-19(24)23-10-8-20(9-11-23)25-14-16-5-1-2-7-18(16)26-20/h1-7,12H,8-11,13-14H2,(H,22,24). The van der Waals surface area contributed by atoms with Crippen molar-refractivity contribution >= 4 is 6.03 Å². The van der Waals surface area contributed by atoms with Crippen molar-refractivity contribution < 1.29 is 18.7 Å². The minimum absolute atomic E-state index is 0.152. The van der Waals surface area contributed by atoms with E-state index in [0.29, 0.717) is 39.1 Å². The molecule has 2 aliphatic rings. The van der Waals surface area contributed by atoms with Gasteiger partial charge in [0.2, 0.25) is 5.79 Å². The van der Waals surface area contributed by atoms with Crippen LogP contribution in [0.3, 0.4) is 0 Å². The van der Waals surface area contributed by atoms with E-state index in [1.54, 1.807) is 17.0 Å². The lowest BCUT2D eigenvalue weighted by Crippen LogP contribution is -2.54. The van der Waals surface area contributed by atoms with E-state index in [9.17, 15) is 9.18 Å². The lowest BCUT2D eigenvalue weighted by atomic mass is 10.0. The maximum Gasteiger partial charge on any atom is 0.317 e. The van der Waals surface area contributed by atoms with Crippen LogP contribution in [0.15, 0.2) is 48.5 Å². The highest BCUT2D eigenvalue weighted by molar-refractivity contribution is 5.74. The fraction of sp³-hybridized carbons (Fsp3) is 0.350. The summed E-state index contributed by atoms with van der Waals surface area (Å²) in [4.78, 5) is 14.1. The summed E-state index contributed by atoms with van der Waals surface area (Å²) in [5.74, 6) is -0.0838. The van der Waals surface area contributed by atoms with Gasteiger partial charge in [-0.25, -0.2) is 9.18 Å². The molecule has 4 rings (SSSR count). The van der Waals surface area contributed by atoms with E-state index in [-0.39, 0.29) is 11.8 Å². The quantitative estimate of drug-likeness (QED) is 0.897. The van der Waals surface area contributed by atoms with Crippen molar-refractivity contribution in [1.29, 1.82) is 0 Å². The van der Waals surface area contributed by atoms with E-state index in [1.807, 2.05) is 24.3 Å². The number of rotatable bonds is 2. The van der Waals surface area contributed by atoms with Gasteiger partial charge in [0.1, 0.15) is 11.6 Å². The number of benzene rings is 2. The van der Waals surface area contributed by atoms with Crippen LogP contribution in [0.5, 0.6) is 5.75 Å². The van der Waals surface area contributed by atoms with Gasteiger partial charge in [-0.3, -0.25) is 0 Å². The zero-order valence-corrected chi connectivity index (χ0v) is 14.4. The number of hydrogen-bond acceptors (Lipinski definition) is 3. The summed E-state index contributed by atoms with van der Waals surface area (Å²) in [6.45, 7) is 1.94. The van der Waals surface area contributed by atoms with E-state index in [1.165, 1.54) is 12.1 Å². The molecule has 0 bridgehead atoms. The summed E-state index contributed by atoms with van der Waals surface area (Å²) < 4.78 is 25.3. The highest BCUT2D eigenvalue weighted by atomic mass is 19.1. The number of halogens is 1. The lowest BCUT2D eigenvalue weighted by molar-refractivity contribution is -0.225. The number of likely N-dealkylation sites (tertiary alicyclic amines) is 1. The molecule has 5 nitrogen and oxygen atoms in total. The van der Waals surface area contributed by atoms with Crippen molar-refractivity contribution in [2.24, 2.45) is 0 Å². The van der Waals surface area contributed by atoms with Crippen molar-refractivity contribution in [1.82, 2.24) is 10.2 Å². The number of urea groups is 1. The number of nitrogens with one attached hydrogen (secondary N) is 1. The van der Waals surface area contributed by atoms with Gasteiger partial charge >= 0.3 is 6.03 Å². The van der Waals surface area contributed by atoms with E-state index in [2.05, 4.69) is 5.32 Å². The van der Waals surface area contributed by atoms with Crippen LogP contribution >= 0.6 is 0 Å². The second-order valence-corrected chi connectivity index (χ2v) is 6.68. The van der Waals surface area contributed by atoms with Gasteiger partial charge in [-0.05, 0) is 23.8 Å². The summed E-state index contributed by atoms with van der Waals surface area (Å²) in [5, 5.41) is 2.84. The number of carbonyl (C=O) groups excluding carboxylic acids is 1. The molecule has 1 N–H and O–H groups in total. The topological polar surface area (TPSA) is 50.8 Å². The number of amides is 2. The molecule has 0 aromatic heterocycles. The molecule has 2 heterocycles. The molecule has 0 aliphatic carbocycles. The third-order valence-corrected chi connectivity index (χ3v) is 4.90. The summed E-state index contributed by atoms with van der Waals surface area (Å²) in [6.07, 6.45) is 1.24. The Morgan fingerprint density at radius 3 is 2.77 bits per heavy atom. The molecule has 1 spiro atoms. The fourth-order valence-corrected chi connectivity index (χ4v) is 3.40. The van der Waals surface area contributed by atoms with Gasteiger partial charge in [-0.1, -0.05) is 30.3 Å². The van der Waals surface area contributed by atoms with Crippen LogP contribution in [-0.4, -0.2) is 29.8 Å². The largest absolute Gasteiger partial charge is 0.462 e. The van der Waals surface area contributed by atoms with Crippen molar-refractivity contribution in [2.75, 3.05) is 13.1 Å². The highest BCUT2D eigenvalue weighted by Crippen LogP contribution is 2.37. The first kappa shape index (κ1) is 16.8. The van der Waals surface area contributed by atoms with Crippen LogP contribution in [-0.2, 0) is 17.9 Å². The maximum atomic E-state index is 13.2. The number of piperidine rings is 1. The van der Waals surface area contributed by atoms with Crippen LogP contribution < -0.4 is 10.1 Å². The number of carbonyl (C=O) groups is 1. The second-order valence-electron chi connectivity index (χ2n) is 6.68. The molecule has 2 aromatic carbocycles. The van der Waals surface area contributed by atoms with Crippen molar-refractivity contribution in [3.8, 4) is 5.75 Å². The van der Waals surface area contributed by atoms with E-state index >= 15 is 0 Å². The molecule has 2 aliphatic heterocycles. The van der Waals surface area contributed by atoms with E-state index in [0.717, 1.165) is 16.9 Å². The Kier molecular flexibility index (Phi) is 4.51. The Hall–Kier alpha value is -2.60. The zero-order chi connectivity index (χ0) is 18.0. The van der Waals surface area contributed by atoms with Gasteiger partial charge < -0.3 is 19.7 Å². The summed E-state index contributed by atoms with van der Waals surface area (Å²) >= 11 is 0. The Morgan fingerprint density at radius 2 is 1.96 bits per heavy atom. The smallest absolute Gasteiger partial charge is 0.317 e. The average molecular weight is 356 g/mol. The van der Waals surface area contributed by atoms with E-state index < -0.39 is 5.79 Å². The summed E-state index contributed by atoms with van der Waals surface area (Å²) in [7, 11) is 0. The number of fused-ring (bicyclic) bond motifs is 1. The third-order valence-electron chi connectivity index (χ3n) is 4.90. The maximum absolute atomic E-state index is 13.2. The monoisotopic (exact) mass is 356 g/mol. The van der Waals surface area contributed by atoms with E-state index in [4.69, 9.17) is 9.47 Å². The Morgan fingerprint density at radius 1 is 1.15 bits per heavy atom. The van der Waals surface area contributed by atoms with Gasteiger partial charge in [0, 0.05) is 38.0 Å². The molecule has 0 saturated carbocycles. The molecule has 1 fully saturated rings. The predicted octanol–water partition coefficient (Wildman–Crippen LogP) is 3.44. The van der Waals surface area contributed by atoms with Crippen molar-refractivity contribution in [2.45, 2.75) is 31.8 Å². The SMILES string of the molecule is O=C(NCc1cccc(F)c1)N1CCC2(CC1)OCc1ccccc1O2. The molecule has 0 unspecified atom stereocenters. The average Bonchev–Trinajstić information content (AvgIpc) is 2.67. The molecule has 136 valence electrons. The number of hydrogen-bond donors (Lipinski definition) is 1. The highest BCUT2D eigenvalue weighted by Gasteiger charge is 2.41. The van der Waals surface area contributed by atoms with Gasteiger partial charge in [0.25, 0.3) is 0 Å². The first-order valence-corrected chi connectivity index (χ1v) is 8.82. The molecule has 1 saturated heterocycles. The minimum Gasteiger partial charge on any atom is -0.462 e. The predicted molar refractivity (Wildman–Crippen MR) is 94.0 cm³/mol. The summed E-state index contributed by atoms with van der Waals surface area (Å²) in [5.41, 5.74) is 1.79.